The highest BCUT2D eigenvalue weighted by molar-refractivity contribution is 5.75. The average molecular weight is 194 g/mol. The zero-order chi connectivity index (χ0) is 10.7. The van der Waals surface area contributed by atoms with Crippen molar-refractivity contribution in [2.45, 2.75) is 20.0 Å². The van der Waals surface area contributed by atoms with Gasteiger partial charge in [-0.15, -0.1) is 0 Å². The van der Waals surface area contributed by atoms with E-state index in [4.69, 9.17) is 9.84 Å². The average Bonchev–Trinajstić information content (AvgIpc) is 2.11. The van der Waals surface area contributed by atoms with Gasteiger partial charge in [0.15, 0.2) is 6.10 Å². The van der Waals surface area contributed by atoms with Crippen LogP contribution in [0.15, 0.2) is 18.2 Å². The van der Waals surface area contributed by atoms with E-state index >= 15 is 0 Å². The van der Waals surface area contributed by atoms with E-state index in [-0.39, 0.29) is 0 Å². The van der Waals surface area contributed by atoms with Gasteiger partial charge in [-0.25, -0.2) is 4.79 Å². The fourth-order valence-electron chi connectivity index (χ4n) is 1.40. The molecule has 0 radical (unpaired) electrons. The lowest BCUT2D eigenvalue weighted by Crippen LogP contribution is -2.14. The number of rotatable bonds is 3. The Morgan fingerprint density at radius 1 is 1.43 bits per heavy atom. The Bertz CT molecular complexity index is 344. The van der Waals surface area contributed by atoms with Crippen molar-refractivity contribution in [1.82, 2.24) is 0 Å². The van der Waals surface area contributed by atoms with E-state index in [1.165, 1.54) is 7.11 Å². The largest absolute Gasteiger partial charge is 0.479 e. The Morgan fingerprint density at radius 3 is 2.57 bits per heavy atom. The SMILES string of the molecule is COC(C(=O)O)c1cc(C)ccc1C. The molecule has 0 spiro atoms. The van der Waals surface area contributed by atoms with E-state index in [1.54, 1.807) is 0 Å². The van der Waals surface area contributed by atoms with E-state index in [0.29, 0.717) is 0 Å². The van der Waals surface area contributed by atoms with Crippen molar-refractivity contribution in [3.63, 3.8) is 0 Å². The highest BCUT2D eigenvalue weighted by atomic mass is 16.5. The summed E-state index contributed by atoms with van der Waals surface area (Å²) in [6, 6.07) is 5.70. The first-order chi connectivity index (χ1) is 6.56. The highest BCUT2D eigenvalue weighted by Crippen LogP contribution is 2.21. The van der Waals surface area contributed by atoms with Crippen LogP contribution in [0, 0.1) is 13.8 Å². The number of carboxylic acids is 1. The maximum absolute atomic E-state index is 10.9. The van der Waals surface area contributed by atoms with Gasteiger partial charge in [0, 0.05) is 7.11 Å². The van der Waals surface area contributed by atoms with Gasteiger partial charge in [-0.05, 0) is 25.0 Å². The van der Waals surface area contributed by atoms with Crippen molar-refractivity contribution >= 4 is 5.97 Å². The Balaban J connectivity index is 3.15. The molecule has 0 aliphatic carbocycles. The van der Waals surface area contributed by atoms with E-state index < -0.39 is 12.1 Å². The van der Waals surface area contributed by atoms with Gasteiger partial charge in [-0.1, -0.05) is 23.8 Å². The molecule has 3 nitrogen and oxygen atoms in total. The molecule has 1 N–H and O–H groups in total. The van der Waals surface area contributed by atoms with Gasteiger partial charge in [0.2, 0.25) is 0 Å². The van der Waals surface area contributed by atoms with Crippen LogP contribution in [0.25, 0.3) is 0 Å². The molecule has 0 aromatic heterocycles. The second-order valence-corrected chi connectivity index (χ2v) is 3.31. The second-order valence-electron chi connectivity index (χ2n) is 3.31. The molecule has 3 heteroatoms. The third kappa shape index (κ3) is 2.12. The molecular weight excluding hydrogens is 180 g/mol. The van der Waals surface area contributed by atoms with E-state index in [2.05, 4.69) is 0 Å². The predicted molar refractivity (Wildman–Crippen MR) is 53.3 cm³/mol. The standard InChI is InChI=1S/C11H14O3/c1-7-4-5-8(2)9(6-7)10(14-3)11(12)13/h4-6,10H,1-3H3,(H,12,13). The third-order valence-electron chi connectivity index (χ3n) is 2.18. The van der Waals surface area contributed by atoms with Crippen molar-refractivity contribution in [2.75, 3.05) is 7.11 Å². The summed E-state index contributed by atoms with van der Waals surface area (Å²) in [5.41, 5.74) is 2.69. The Hall–Kier alpha value is -1.35. The highest BCUT2D eigenvalue weighted by Gasteiger charge is 2.20. The minimum absolute atomic E-state index is 0.722. The van der Waals surface area contributed by atoms with Crippen LogP contribution in [0.2, 0.25) is 0 Å². The van der Waals surface area contributed by atoms with Gasteiger partial charge in [0.1, 0.15) is 0 Å². The number of aryl methyl sites for hydroxylation is 2. The summed E-state index contributed by atoms with van der Waals surface area (Å²) in [6.45, 7) is 3.81. The number of carbonyl (C=O) groups is 1. The van der Waals surface area contributed by atoms with Crippen LogP contribution in [0.5, 0.6) is 0 Å². The van der Waals surface area contributed by atoms with Crippen molar-refractivity contribution in [3.05, 3.63) is 34.9 Å². The second kappa shape index (κ2) is 4.24. The Kier molecular flexibility index (Phi) is 3.25. The van der Waals surface area contributed by atoms with Gasteiger partial charge in [-0.3, -0.25) is 0 Å². The van der Waals surface area contributed by atoms with Crippen LogP contribution in [0.3, 0.4) is 0 Å². The zero-order valence-electron chi connectivity index (χ0n) is 8.57. The van der Waals surface area contributed by atoms with Gasteiger partial charge in [-0.2, -0.15) is 0 Å². The molecule has 1 rings (SSSR count). The van der Waals surface area contributed by atoms with Gasteiger partial charge in [0.25, 0.3) is 0 Å². The summed E-state index contributed by atoms with van der Waals surface area (Å²) in [6.07, 6.45) is -0.866. The molecule has 1 atom stereocenters. The molecule has 0 bridgehead atoms. The lowest BCUT2D eigenvalue weighted by molar-refractivity contribution is -0.148. The first kappa shape index (κ1) is 10.7. The normalized spacial score (nSPS) is 12.5. The molecule has 0 amide bonds. The summed E-state index contributed by atoms with van der Waals surface area (Å²) >= 11 is 0. The molecular formula is C11H14O3. The summed E-state index contributed by atoms with van der Waals surface area (Å²) < 4.78 is 4.93. The molecule has 0 aliphatic rings. The molecule has 0 heterocycles. The number of carboxylic acid groups (broad SMARTS) is 1. The van der Waals surface area contributed by atoms with E-state index in [1.807, 2.05) is 32.0 Å². The maximum atomic E-state index is 10.9. The molecule has 0 saturated carbocycles. The fraction of sp³-hybridized carbons (Fsp3) is 0.364. The van der Waals surface area contributed by atoms with E-state index in [9.17, 15) is 4.79 Å². The van der Waals surface area contributed by atoms with Crippen molar-refractivity contribution in [3.8, 4) is 0 Å². The number of hydrogen-bond acceptors (Lipinski definition) is 2. The Labute approximate surface area is 83.3 Å². The predicted octanol–water partition coefficient (Wildman–Crippen LogP) is 2.08. The Morgan fingerprint density at radius 2 is 2.07 bits per heavy atom. The number of methoxy groups -OCH3 is 1. The first-order valence-corrected chi connectivity index (χ1v) is 4.39. The quantitative estimate of drug-likeness (QED) is 0.801. The van der Waals surface area contributed by atoms with Gasteiger partial charge >= 0.3 is 5.97 Å². The van der Waals surface area contributed by atoms with Gasteiger partial charge in [0.05, 0.1) is 0 Å². The van der Waals surface area contributed by atoms with Crippen LogP contribution in [0.1, 0.15) is 22.8 Å². The zero-order valence-corrected chi connectivity index (χ0v) is 8.57. The maximum Gasteiger partial charge on any atom is 0.337 e. The monoisotopic (exact) mass is 194 g/mol. The van der Waals surface area contributed by atoms with Gasteiger partial charge < -0.3 is 9.84 Å². The lowest BCUT2D eigenvalue weighted by atomic mass is 10.0. The molecule has 14 heavy (non-hydrogen) atoms. The summed E-state index contributed by atoms with van der Waals surface area (Å²) in [5.74, 6) is -0.957. The molecule has 1 aromatic carbocycles. The van der Waals surface area contributed by atoms with Crippen LogP contribution in [-0.4, -0.2) is 18.2 Å². The summed E-state index contributed by atoms with van der Waals surface area (Å²) in [5, 5.41) is 8.92. The van der Waals surface area contributed by atoms with Crippen LogP contribution >= 0.6 is 0 Å². The lowest BCUT2D eigenvalue weighted by Gasteiger charge is -2.14. The minimum Gasteiger partial charge on any atom is -0.479 e. The third-order valence-corrected chi connectivity index (χ3v) is 2.18. The first-order valence-electron chi connectivity index (χ1n) is 4.39. The summed E-state index contributed by atoms with van der Waals surface area (Å²) in [7, 11) is 1.40. The van der Waals surface area contributed by atoms with E-state index in [0.717, 1.165) is 16.7 Å². The van der Waals surface area contributed by atoms with Crippen LogP contribution in [-0.2, 0) is 9.53 Å². The number of hydrogen-bond donors (Lipinski definition) is 1. The fourth-order valence-corrected chi connectivity index (χ4v) is 1.40. The topological polar surface area (TPSA) is 46.5 Å². The molecule has 1 aromatic rings. The van der Waals surface area contributed by atoms with Crippen molar-refractivity contribution in [1.29, 1.82) is 0 Å². The van der Waals surface area contributed by atoms with Crippen LogP contribution in [0.4, 0.5) is 0 Å². The number of ether oxygens (including phenoxy) is 1. The van der Waals surface area contributed by atoms with Crippen molar-refractivity contribution < 1.29 is 14.6 Å². The number of benzene rings is 1. The molecule has 1 unspecified atom stereocenters. The smallest absolute Gasteiger partial charge is 0.337 e. The molecule has 76 valence electrons. The molecule has 0 saturated heterocycles. The number of aliphatic carboxylic acids is 1. The van der Waals surface area contributed by atoms with Crippen LogP contribution < -0.4 is 0 Å². The summed E-state index contributed by atoms with van der Waals surface area (Å²) in [4.78, 5) is 10.9. The minimum atomic E-state index is -0.957. The van der Waals surface area contributed by atoms with Crippen molar-refractivity contribution in [2.24, 2.45) is 0 Å². The molecule has 0 aliphatic heterocycles. The molecule has 0 fully saturated rings.